The van der Waals surface area contributed by atoms with Crippen molar-refractivity contribution in [3.63, 3.8) is 0 Å². The van der Waals surface area contributed by atoms with Crippen molar-refractivity contribution in [1.82, 2.24) is 4.90 Å². The van der Waals surface area contributed by atoms with Crippen molar-refractivity contribution in [2.75, 3.05) is 13.1 Å². The van der Waals surface area contributed by atoms with E-state index in [2.05, 4.69) is 24.8 Å². The van der Waals surface area contributed by atoms with Crippen LogP contribution in [0.25, 0.3) is 0 Å². The van der Waals surface area contributed by atoms with E-state index >= 15 is 0 Å². The summed E-state index contributed by atoms with van der Waals surface area (Å²) in [4.78, 5) is 5.52. The molecule has 1 fully saturated rings. The lowest BCUT2D eigenvalue weighted by Gasteiger charge is -2.13. The molecule has 0 unspecified atom stereocenters. The van der Waals surface area contributed by atoms with Crippen molar-refractivity contribution in [1.29, 1.82) is 0 Å². The summed E-state index contributed by atoms with van der Waals surface area (Å²) < 4.78 is 0. The molecule has 0 aromatic carbocycles. The molecule has 1 aromatic rings. The van der Waals surface area contributed by atoms with Crippen LogP contribution in [0.1, 0.15) is 28.2 Å². The van der Waals surface area contributed by atoms with Crippen molar-refractivity contribution >= 4 is 11.3 Å². The highest BCUT2D eigenvalue weighted by Gasteiger charge is 2.13. The Morgan fingerprint density at radius 1 is 1.31 bits per heavy atom. The van der Waals surface area contributed by atoms with Gasteiger partial charge in [-0.25, -0.2) is 0 Å². The molecule has 0 atom stereocenters. The molecule has 0 N–H and O–H groups in total. The van der Waals surface area contributed by atoms with Crippen LogP contribution in [0.3, 0.4) is 0 Å². The number of nitrogens with zero attached hydrogens (tertiary/aromatic N) is 1. The summed E-state index contributed by atoms with van der Waals surface area (Å²) in [6.45, 7) is 8.22. The van der Waals surface area contributed by atoms with Crippen molar-refractivity contribution in [2.45, 2.75) is 33.2 Å². The first kappa shape index (κ1) is 9.22. The van der Waals surface area contributed by atoms with Crippen LogP contribution in [0.15, 0.2) is 6.07 Å². The lowest BCUT2D eigenvalue weighted by molar-refractivity contribution is 0.331. The molecule has 72 valence electrons. The van der Waals surface area contributed by atoms with Crippen molar-refractivity contribution in [2.24, 2.45) is 0 Å². The number of likely N-dealkylation sites (tertiary alicyclic amines) is 1. The zero-order valence-corrected chi connectivity index (χ0v) is 9.28. The minimum absolute atomic E-state index is 1.18. The normalized spacial score (nSPS) is 18.3. The van der Waals surface area contributed by atoms with Crippen molar-refractivity contribution in [3.8, 4) is 0 Å². The van der Waals surface area contributed by atoms with Crippen LogP contribution in [-0.4, -0.2) is 18.0 Å². The second kappa shape index (κ2) is 3.81. The predicted octanol–water partition coefficient (Wildman–Crippen LogP) is 2.96. The van der Waals surface area contributed by atoms with Crippen LogP contribution >= 0.6 is 11.3 Å². The van der Waals surface area contributed by atoms with E-state index in [4.69, 9.17) is 0 Å². The van der Waals surface area contributed by atoms with E-state index in [1.807, 2.05) is 11.3 Å². The molecule has 0 spiro atoms. The van der Waals surface area contributed by atoms with E-state index < -0.39 is 0 Å². The summed E-state index contributed by atoms with van der Waals surface area (Å²) in [5.74, 6) is 0. The van der Waals surface area contributed by atoms with Crippen molar-refractivity contribution < 1.29 is 0 Å². The Morgan fingerprint density at radius 3 is 2.54 bits per heavy atom. The molecule has 0 aliphatic carbocycles. The highest BCUT2D eigenvalue weighted by Crippen LogP contribution is 2.23. The molecule has 0 bridgehead atoms. The third-order valence-corrected chi connectivity index (χ3v) is 3.74. The molecular weight excluding hydrogens is 178 g/mol. The number of thiophene rings is 1. The number of hydrogen-bond donors (Lipinski definition) is 0. The van der Waals surface area contributed by atoms with Gasteiger partial charge in [0.05, 0.1) is 0 Å². The summed E-state index contributed by atoms with van der Waals surface area (Å²) in [7, 11) is 0. The summed E-state index contributed by atoms with van der Waals surface area (Å²) >= 11 is 1.93. The Hall–Kier alpha value is -0.340. The minimum atomic E-state index is 1.18. The lowest BCUT2D eigenvalue weighted by atomic mass is 10.2. The molecule has 1 aliphatic heterocycles. The predicted molar refractivity (Wildman–Crippen MR) is 58.3 cm³/mol. The first-order valence-electron chi connectivity index (χ1n) is 5.04. The fraction of sp³-hybridized carbons (Fsp3) is 0.636. The van der Waals surface area contributed by atoms with E-state index in [0.29, 0.717) is 0 Å². The van der Waals surface area contributed by atoms with Gasteiger partial charge in [0.1, 0.15) is 0 Å². The third kappa shape index (κ3) is 2.12. The summed E-state index contributed by atoms with van der Waals surface area (Å²) in [5, 5.41) is 0. The molecule has 0 radical (unpaired) electrons. The van der Waals surface area contributed by atoms with Gasteiger partial charge in [0.2, 0.25) is 0 Å². The Labute approximate surface area is 84.4 Å². The quantitative estimate of drug-likeness (QED) is 0.701. The maximum atomic E-state index is 2.56. The molecule has 0 amide bonds. The third-order valence-electron chi connectivity index (χ3n) is 2.74. The summed E-state index contributed by atoms with van der Waals surface area (Å²) in [6.07, 6.45) is 2.78. The van der Waals surface area contributed by atoms with Crippen LogP contribution in [0.5, 0.6) is 0 Å². The monoisotopic (exact) mass is 195 g/mol. The number of hydrogen-bond acceptors (Lipinski definition) is 2. The van der Waals surface area contributed by atoms with Crippen LogP contribution < -0.4 is 0 Å². The second-order valence-electron chi connectivity index (χ2n) is 3.92. The molecule has 2 heteroatoms. The standard InChI is InChI=1S/C11H17NS/c1-9-7-11(10(2)13-9)8-12-5-3-4-6-12/h7H,3-6,8H2,1-2H3. The largest absolute Gasteiger partial charge is 0.299 e. The number of aryl methyl sites for hydroxylation is 2. The maximum absolute atomic E-state index is 2.56. The molecule has 1 aliphatic rings. The Bertz CT molecular complexity index is 284. The number of rotatable bonds is 2. The molecular formula is C11H17NS. The average molecular weight is 195 g/mol. The Morgan fingerprint density at radius 2 is 2.00 bits per heavy atom. The zero-order chi connectivity index (χ0) is 9.26. The first-order valence-corrected chi connectivity index (χ1v) is 5.85. The van der Waals surface area contributed by atoms with Crippen molar-refractivity contribution in [3.05, 3.63) is 21.4 Å². The molecule has 1 nitrogen and oxygen atoms in total. The SMILES string of the molecule is Cc1cc(CN2CCCC2)c(C)s1. The highest BCUT2D eigenvalue weighted by molar-refractivity contribution is 7.12. The lowest BCUT2D eigenvalue weighted by Crippen LogP contribution is -2.18. The Kier molecular flexibility index (Phi) is 2.70. The van der Waals surface area contributed by atoms with E-state index in [1.54, 1.807) is 5.56 Å². The summed E-state index contributed by atoms with van der Waals surface area (Å²) in [6, 6.07) is 2.35. The van der Waals surface area contributed by atoms with E-state index in [-0.39, 0.29) is 0 Å². The van der Waals surface area contributed by atoms with Crippen LogP contribution in [-0.2, 0) is 6.54 Å². The van der Waals surface area contributed by atoms with E-state index in [9.17, 15) is 0 Å². The highest BCUT2D eigenvalue weighted by atomic mass is 32.1. The van der Waals surface area contributed by atoms with Gasteiger partial charge < -0.3 is 0 Å². The fourth-order valence-corrected chi connectivity index (χ4v) is 2.96. The minimum Gasteiger partial charge on any atom is -0.299 e. The van der Waals surface area contributed by atoms with Gasteiger partial charge in [0, 0.05) is 16.3 Å². The smallest absolute Gasteiger partial charge is 0.0244 e. The molecule has 2 rings (SSSR count). The van der Waals surface area contributed by atoms with Gasteiger partial charge in [-0.2, -0.15) is 0 Å². The topological polar surface area (TPSA) is 3.24 Å². The van der Waals surface area contributed by atoms with Gasteiger partial charge in [-0.1, -0.05) is 0 Å². The van der Waals surface area contributed by atoms with Gasteiger partial charge in [-0.05, 0) is 51.4 Å². The summed E-state index contributed by atoms with van der Waals surface area (Å²) in [5.41, 5.74) is 1.55. The molecule has 0 saturated carbocycles. The van der Waals surface area contributed by atoms with E-state index in [0.717, 1.165) is 0 Å². The molecule has 13 heavy (non-hydrogen) atoms. The van der Waals surface area contributed by atoms with Gasteiger partial charge in [-0.3, -0.25) is 4.90 Å². The Balaban J connectivity index is 2.03. The molecule has 1 aromatic heterocycles. The van der Waals surface area contributed by atoms with Crippen LogP contribution in [0.4, 0.5) is 0 Å². The van der Waals surface area contributed by atoms with Gasteiger partial charge in [-0.15, -0.1) is 11.3 Å². The fourth-order valence-electron chi connectivity index (χ4n) is 2.02. The van der Waals surface area contributed by atoms with Gasteiger partial charge in [0.15, 0.2) is 0 Å². The van der Waals surface area contributed by atoms with Crippen LogP contribution in [0, 0.1) is 13.8 Å². The van der Waals surface area contributed by atoms with E-state index in [1.165, 1.54) is 42.2 Å². The molecule has 2 heterocycles. The molecule has 1 saturated heterocycles. The first-order chi connectivity index (χ1) is 6.25. The van der Waals surface area contributed by atoms with Gasteiger partial charge >= 0.3 is 0 Å². The zero-order valence-electron chi connectivity index (χ0n) is 8.47. The van der Waals surface area contributed by atoms with Gasteiger partial charge in [0.25, 0.3) is 0 Å². The second-order valence-corrected chi connectivity index (χ2v) is 5.38. The van der Waals surface area contributed by atoms with Crippen LogP contribution in [0.2, 0.25) is 0 Å². The average Bonchev–Trinajstić information content (AvgIpc) is 2.63. The maximum Gasteiger partial charge on any atom is 0.0244 e.